The molecule has 2 N–H and O–H groups in total. The lowest BCUT2D eigenvalue weighted by Gasteiger charge is -2.24. The number of nitrogens with zero attached hydrogens (tertiary/aromatic N) is 3. The van der Waals surface area contributed by atoms with E-state index in [4.69, 9.17) is 5.73 Å². The third-order valence-electron chi connectivity index (χ3n) is 4.92. The molecule has 25 heavy (non-hydrogen) atoms. The quantitative estimate of drug-likeness (QED) is 0.513. The summed E-state index contributed by atoms with van der Waals surface area (Å²) in [6.07, 6.45) is 5.72. The maximum atomic E-state index is 5.64. The molecule has 0 atom stereocenters. The van der Waals surface area contributed by atoms with Gasteiger partial charge in [0, 0.05) is 48.9 Å². The highest BCUT2D eigenvalue weighted by Gasteiger charge is 2.22. The molecule has 3 rings (SSSR count). The van der Waals surface area contributed by atoms with Gasteiger partial charge in [0.2, 0.25) is 0 Å². The molecule has 0 aliphatic carbocycles. The average molecular weight is 336 g/mol. The zero-order chi connectivity index (χ0) is 18.0. The predicted molar refractivity (Wildman–Crippen MR) is 107 cm³/mol. The summed E-state index contributed by atoms with van der Waals surface area (Å²) in [5.74, 6) is 0.571. The Morgan fingerprint density at radius 2 is 2.20 bits per heavy atom. The molecular weight excluding hydrogens is 308 g/mol. The molecule has 1 aliphatic rings. The molecule has 1 aliphatic heterocycles. The molecule has 0 unspecified atom stereocenters. The summed E-state index contributed by atoms with van der Waals surface area (Å²) in [6, 6.07) is 6.80. The summed E-state index contributed by atoms with van der Waals surface area (Å²) in [6.45, 7) is 11.0. The van der Waals surface area contributed by atoms with Crippen LogP contribution in [0.25, 0.3) is 10.9 Å². The third kappa shape index (κ3) is 3.69. The van der Waals surface area contributed by atoms with Crippen LogP contribution in [0.1, 0.15) is 30.2 Å². The largest absolute Gasteiger partial charge is 0.387 e. The van der Waals surface area contributed by atoms with E-state index < -0.39 is 0 Å². The van der Waals surface area contributed by atoms with E-state index in [1.807, 2.05) is 12.3 Å². The third-order valence-corrected chi connectivity index (χ3v) is 4.92. The van der Waals surface area contributed by atoms with Crippen molar-refractivity contribution in [3.05, 3.63) is 59.4 Å². The van der Waals surface area contributed by atoms with E-state index in [0.29, 0.717) is 5.84 Å². The minimum Gasteiger partial charge on any atom is -0.387 e. The fourth-order valence-corrected chi connectivity index (χ4v) is 3.60. The van der Waals surface area contributed by atoms with Gasteiger partial charge in [0.15, 0.2) is 0 Å². The predicted octanol–water partition coefficient (Wildman–Crippen LogP) is 3.77. The second-order valence-electron chi connectivity index (χ2n) is 7.01. The summed E-state index contributed by atoms with van der Waals surface area (Å²) in [7, 11) is 2.20. The molecule has 2 heterocycles. The lowest BCUT2D eigenvalue weighted by Crippen LogP contribution is -2.27. The number of likely N-dealkylation sites (N-methyl/N-ethyl adjacent to an activating group) is 1. The fraction of sp³-hybridized carbons (Fsp3) is 0.381. The van der Waals surface area contributed by atoms with Crippen molar-refractivity contribution in [3.63, 3.8) is 0 Å². The zero-order valence-electron chi connectivity index (χ0n) is 15.5. The van der Waals surface area contributed by atoms with Crippen LogP contribution in [0, 0.1) is 6.92 Å². The summed E-state index contributed by atoms with van der Waals surface area (Å²) >= 11 is 0. The normalized spacial score (nSPS) is 16.3. The Kier molecular flexibility index (Phi) is 5.09. The van der Waals surface area contributed by atoms with Crippen molar-refractivity contribution < 1.29 is 0 Å². The van der Waals surface area contributed by atoms with E-state index in [2.05, 4.69) is 53.2 Å². The van der Waals surface area contributed by atoms with Gasteiger partial charge in [-0.15, -0.1) is 0 Å². The molecule has 132 valence electrons. The van der Waals surface area contributed by atoms with E-state index >= 15 is 0 Å². The minimum atomic E-state index is 0.571. The lowest BCUT2D eigenvalue weighted by molar-refractivity contribution is 0.309. The number of rotatable bonds is 5. The summed E-state index contributed by atoms with van der Waals surface area (Å²) in [4.78, 5) is 6.62. The van der Waals surface area contributed by atoms with Gasteiger partial charge in [-0.2, -0.15) is 0 Å². The number of nitrogens with two attached hydrogens (primary N) is 1. The molecule has 0 radical (unpaired) electrons. The van der Waals surface area contributed by atoms with Gasteiger partial charge >= 0.3 is 0 Å². The van der Waals surface area contributed by atoms with Crippen LogP contribution in [0.4, 0.5) is 0 Å². The number of amidine groups is 1. The molecule has 0 bridgehead atoms. The van der Waals surface area contributed by atoms with Crippen LogP contribution in [-0.2, 0) is 19.5 Å². The Labute approximate surface area is 150 Å². The maximum Gasteiger partial charge on any atom is 0.0957 e. The van der Waals surface area contributed by atoms with Crippen LogP contribution in [0.3, 0.4) is 0 Å². The van der Waals surface area contributed by atoms with Gasteiger partial charge in [-0.25, -0.2) is 4.99 Å². The van der Waals surface area contributed by atoms with E-state index in [0.717, 1.165) is 38.0 Å². The van der Waals surface area contributed by atoms with Gasteiger partial charge in [0.25, 0.3) is 0 Å². The van der Waals surface area contributed by atoms with Crippen LogP contribution < -0.4 is 5.73 Å². The first-order valence-electron chi connectivity index (χ1n) is 8.90. The van der Waals surface area contributed by atoms with Crippen LogP contribution >= 0.6 is 0 Å². The molecule has 1 aromatic carbocycles. The maximum absolute atomic E-state index is 5.64. The number of aryl methyl sites for hydroxylation is 2. The molecule has 0 saturated heterocycles. The second-order valence-corrected chi connectivity index (χ2v) is 7.01. The molecule has 0 spiro atoms. The highest BCUT2D eigenvalue weighted by Crippen LogP contribution is 2.31. The first-order valence-corrected chi connectivity index (χ1v) is 8.90. The van der Waals surface area contributed by atoms with Crippen molar-refractivity contribution in [2.45, 2.75) is 39.8 Å². The van der Waals surface area contributed by atoms with Crippen LogP contribution in [0.2, 0.25) is 0 Å². The van der Waals surface area contributed by atoms with Gasteiger partial charge in [0.05, 0.1) is 5.84 Å². The fourth-order valence-electron chi connectivity index (χ4n) is 3.60. The molecular formula is C21H28N4. The minimum absolute atomic E-state index is 0.571. The van der Waals surface area contributed by atoms with Crippen molar-refractivity contribution in [1.29, 1.82) is 0 Å². The average Bonchev–Trinajstić information content (AvgIpc) is 2.87. The van der Waals surface area contributed by atoms with Crippen molar-refractivity contribution in [3.8, 4) is 0 Å². The molecule has 2 aromatic rings. The molecule has 4 heteroatoms. The molecule has 0 amide bonds. The summed E-state index contributed by atoms with van der Waals surface area (Å²) in [5.41, 5.74) is 12.4. The Balaban J connectivity index is 1.97. The first-order chi connectivity index (χ1) is 12.0. The smallest absolute Gasteiger partial charge is 0.0957 e. The highest BCUT2D eigenvalue weighted by atomic mass is 15.1. The highest BCUT2D eigenvalue weighted by molar-refractivity contribution is 5.86. The Morgan fingerprint density at radius 3 is 2.92 bits per heavy atom. The van der Waals surface area contributed by atoms with Crippen molar-refractivity contribution >= 4 is 16.7 Å². The Hall–Kier alpha value is -2.33. The van der Waals surface area contributed by atoms with Crippen LogP contribution in [0.5, 0.6) is 0 Å². The number of hydrogen-bond acceptors (Lipinski definition) is 2. The number of hydrogen-bond donors (Lipinski definition) is 1. The molecule has 0 saturated carbocycles. The van der Waals surface area contributed by atoms with E-state index in [9.17, 15) is 0 Å². The monoisotopic (exact) mass is 336 g/mol. The summed E-state index contributed by atoms with van der Waals surface area (Å²) in [5, 5.41) is 1.40. The first kappa shape index (κ1) is 17.5. The van der Waals surface area contributed by atoms with E-state index in [1.165, 1.54) is 27.7 Å². The second kappa shape index (κ2) is 7.28. The topological polar surface area (TPSA) is 46.5 Å². The zero-order valence-corrected chi connectivity index (χ0v) is 15.5. The number of aliphatic imine (C=N–C) groups is 1. The van der Waals surface area contributed by atoms with Crippen LogP contribution in [-0.4, -0.2) is 28.9 Å². The van der Waals surface area contributed by atoms with E-state index in [1.54, 1.807) is 6.92 Å². The van der Waals surface area contributed by atoms with Gasteiger partial charge in [0.1, 0.15) is 0 Å². The lowest BCUT2D eigenvalue weighted by atomic mass is 10.0. The number of fused-ring (bicyclic) bond motifs is 3. The number of allylic oxidation sites excluding steroid dienone is 2. The van der Waals surface area contributed by atoms with Gasteiger partial charge in [-0.05, 0) is 50.6 Å². The molecule has 1 aromatic heterocycles. The van der Waals surface area contributed by atoms with Crippen LogP contribution in [0.15, 0.2) is 47.6 Å². The summed E-state index contributed by atoms with van der Waals surface area (Å²) < 4.78 is 2.49. The standard InChI is InChI=1S/C21H28N4/c1-5-17(13-23-16(3)22)8-11-25-20-7-6-15(2)12-18(20)19-14-24(4)10-9-21(19)25/h5-7,12-13H,1,8-11,14H2,2-4H3,(H2,22,23)/b17-13+. The Bertz CT molecular complexity index is 850. The van der Waals surface area contributed by atoms with Gasteiger partial charge in [-0.3, -0.25) is 0 Å². The SMILES string of the molecule is C=C/C(=C\N=C(\C)N)CCn1c2c(c3cc(C)ccc31)CN(C)CC2. The van der Waals surface area contributed by atoms with E-state index in [-0.39, 0.29) is 0 Å². The molecule has 4 nitrogen and oxygen atoms in total. The van der Waals surface area contributed by atoms with Crippen molar-refractivity contribution in [2.24, 2.45) is 10.7 Å². The Morgan fingerprint density at radius 1 is 1.40 bits per heavy atom. The van der Waals surface area contributed by atoms with Gasteiger partial charge in [-0.1, -0.05) is 24.3 Å². The number of benzene rings is 1. The van der Waals surface area contributed by atoms with Crippen molar-refractivity contribution in [2.75, 3.05) is 13.6 Å². The molecule has 0 fully saturated rings. The van der Waals surface area contributed by atoms with Crippen molar-refractivity contribution in [1.82, 2.24) is 9.47 Å². The van der Waals surface area contributed by atoms with Gasteiger partial charge < -0.3 is 15.2 Å². The number of aromatic nitrogens is 1.